The molecule has 3 unspecified atom stereocenters. The van der Waals surface area contributed by atoms with Gasteiger partial charge >= 0.3 is 0 Å². The first-order chi connectivity index (χ1) is 6.02. The molecular weight excluding hydrogens is 176 g/mol. The van der Waals surface area contributed by atoms with Gasteiger partial charge in [-0.3, -0.25) is 0 Å². The predicted octanol–water partition coefficient (Wildman–Crippen LogP) is 4.59. The Labute approximate surface area is 88.9 Å². The lowest BCUT2D eigenvalue weighted by Gasteiger charge is -2.28. The molecule has 0 aromatic carbocycles. The van der Waals surface area contributed by atoms with E-state index in [-0.39, 0.29) is 0 Å². The zero-order valence-corrected chi connectivity index (χ0v) is 10.9. The van der Waals surface area contributed by atoms with Crippen molar-refractivity contribution in [2.75, 3.05) is 0 Å². The Hall–Kier alpha value is 0.350. The maximum absolute atomic E-state index is 2.41. The number of hydrogen-bond donors (Lipinski definition) is 0. The molecule has 0 saturated carbocycles. The Kier molecular flexibility index (Phi) is 6.93. The molecule has 0 bridgehead atoms. The first-order valence-corrected chi connectivity index (χ1v) is 6.62. The molecule has 0 N–H and O–H groups in total. The monoisotopic (exact) mass is 202 g/mol. The first-order valence-electron chi connectivity index (χ1n) is 5.68. The van der Waals surface area contributed by atoms with E-state index in [0.29, 0.717) is 0 Å². The highest BCUT2D eigenvalue weighted by atomic mass is 32.2. The summed E-state index contributed by atoms with van der Waals surface area (Å²) in [4.78, 5) is 0. The normalized spacial score (nSPS) is 18.7. The molecule has 0 amide bonds. The molecule has 0 radical (unpaired) electrons. The molecule has 0 heterocycles. The molecule has 80 valence electrons. The minimum absolute atomic E-state index is 0.774. The van der Waals surface area contributed by atoms with Crippen LogP contribution in [-0.2, 0) is 0 Å². The average Bonchev–Trinajstić information content (AvgIpc) is 2.11. The molecule has 0 saturated heterocycles. The molecule has 0 aliphatic heterocycles. The van der Waals surface area contributed by atoms with Crippen molar-refractivity contribution in [3.8, 4) is 0 Å². The maximum atomic E-state index is 2.41. The minimum atomic E-state index is 0.774. The fourth-order valence-electron chi connectivity index (χ4n) is 1.68. The number of thioether (sulfide) groups is 1. The topological polar surface area (TPSA) is 0 Å². The van der Waals surface area contributed by atoms with Crippen LogP contribution in [0.25, 0.3) is 0 Å². The summed E-state index contributed by atoms with van der Waals surface area (Å²) < 4.78 is 0. The van der Waals surface area contributed by atoms with Crippen LogP contribution in [0.15, 0.2) is 0 Å². The lowest BCUT2D eigenvalue weighted by molar-refractivity contribution is 0.361. The van der Waals surface area contributed by atoms with Gasteiger partial charge in [0.2, 0.25) is 0 Å². The van der Waals surface area contributed by atoms with Gasteiger partial charge in [0.25, 0.3) is 0 Å². The third-order valence-corrected chi connectivity index (χ3v) is 4.63. The van der Waals surface area contributed by atoms with Crippen molar-refractivity contribution in [3.63, 3.8) is 0 Å². The van der Waals surface area contributed by atoms with E-state index >= 15 is 0 Å². The van der Waals surface area contributed by atoms with Crippen molar-refractivity contribution in [2.24, 2.45) is 11.8 Å². The van der Waals surface area contributed by atoms with Crippen molar-refractivity contribution in [2.45, 2.75) is 64.9 Å². The summed E-state index contributed by atoms with van der Waals surface area (Å²) in [5, 5.41) is 1.63. The van der Waals surface area contributed by atoms with Crippen LogP contribution in [0, 0.1) is 11.8 Å². The molecular formula is C12H26S. The Morgan fingerprint density at radius 3 is 1.77 bits per heavy atom. The molecule has 3 atom stereocenters. The van der Waals surface area contributed by atoms with E-state index in [2.05, 4.69) is 53.3 Å². The van der Waals surface area contributed by atoms with Crippen molar-refractivity contribution in [3.05, 3.63) is 0 Å². The van der Waals surface area contributed by atoms with Gasteiger partial charge < -0.3 is 0 Å². The van der Waals surface area contributed by atoms with Crippen LogP contribution in [0.3, 0.4) is 0 Å². The van der Waals surface area contributed by atoms with E-state index in [9.17, 15) is 0 Å². The summed E-state index contributed by atoms with van der Waals surface area (Å²) in [6.07, 6.45) is 2.63. The molecule has 0 fully saturated rings. The molecule has 0 aromatic heterocycles. The second-order valence-corrected chi connectivity index (χ2v) is 6.20. The highest BCUT2D eigenvalue weighted by Gasteiger charge is 2.21. The Morgan fingerprint density at radius 2 is 1.46 bits per heavy atom. The molecule has 0 aliphatic carbocycles. The van der Waals surface area contributed by atoms with Gasteiger partial charge in [-0.25, -0.2) is 0 Å². The van der Waals surface area contributed by atoms with E-state index in [1.54, 1.807) is 0 Å². The summed E-state index contributed by atoms with van der Waals surface area (Å²) in [7, 11) is 0. The van der Waals surface area contributed by atoms with Crippen molar-refractivity contribution in [1.82, 2.24) is 0 Å². The van der Waals surface area contributed by atoms with E-state index in [1.807, 2.05) is 0 Å². The number of rotatable bonds is 6. The van der Waals surface area contributed by atoms with Crippen LogP contribution in [0.1, 0.15) is 54.4 Å². The lowest BCUT2D eigenvalue weighted by atomic mass is 9.89. The Bertz CT molecular complexity index is 120. The summed E-state index contributed by atoms with van der Waals surface area (Å²) in [6.45, 7) is 14.0. The van der Waals surface area contributed by atoms with Crippen LogP contribution >= 0.6 is 11.8 Å². The van der Waals surface area contributed by atoms with Crippen molar-refractivity contribution < 1.29 is 0 Å². The van der Waals surface area contributed by atoms with Gasteiger partial charge in [0, 0.05) is 5.25 Å². The van der Waals surface area contributed by atoms with E-state index in [0.717, 1.165) is 22.3 Å². The molecule has 0 rings (SSSR count). The smallest absolute Gasteiger partial charge is 0.00751 e. The highest BCUT2D eigenvalue weighted by Crippen LogP contribution is 2.31. The van der Waals surface area contributed by atoms with Crippen LogP contribution in [0.2, 0.25) is 0 Å². The van der Waals surface area contributed by atoms with Gasteiger partial charge in [-0.15, -0.1) is 0 Å². The molecule has 0 nitrogen and oxygen atoms in total. The minimum Gasteiger partial charge on any atom is -0.155 e. The van der Waals surface area contributed by atoms with Gasteiger partial charge in [-0.05, 0) is 23.5 Å². The van der Waals surface area contributed by atoms with Crippen molar-refractivity contribution >= 4 is 11.8 Å². The quantitative estimate of drug-likeness (QED) is 0.607. The van der Waals surface area contributed by atoms with E-state index in [4.69, 9.17) is 0 Å². The highest BCUT2D eigenvalue weighted by molar-refractivity contribution is 8.00. The molecule has 0 aliphatic rings. The largest absolute Gasteiger partial charge is 0.155 e. The van der Waals surface area contributed by atoms with Crippen LogP contribution < -0.4 is 0 Å². The van der Waals surface area contributed by atoms with Gasteiger partial charge in [0.15, 0.2) is 0 Å². The maximum Gasteiger partial charge on any atom is 0.00751 e. The molecule has 0 aromatic rings. The van der Waals surface area contributed by atoms with Gasteiger partial charge in [-0.1, -0.05) is 48.0 Å². The predicted molar refractivity (Wildman–Crippen MR) is 65.4 cm³/mol. The number of hydrogen-bond acceptors (Lipinski definition) is 1. The van der Waals surface area contributed by atoms with Gasteiger partial charge in [-0.2, -0.15) is 11.8 Å². The van der Waals surface area contributed by atoms with E-state index in [1.165, 1.54) is 12.8 Å². The zero-order valence-electron chi connectivity index (χ0n) is 10.1. The molecule has 13 heavy (non-hydrogen) atoms. The molecule has 1 heteroatoms. The average molecular weight is 202 g/mol. The van der Waals surface area contributed by atoms with Crippen LogP contribution in [-0.4, -0.2) is 10.5 Å². The SMILES string of the molecule is CCC(C)C(C)C(CC)SC(C)C. The summed E-state index contributed by atoms with van der Waals surface area (Å²) in [6, 6.07) is 0. The first kappa shape index (κ1) is 13.4. The fraction of sp³-hybridized carbons (Fsp3) is 1.00. The summed E-state index contributed by atoms with van der Waals surface area (Å²) in [5.41, 5.74) is 0. The third kappa shape index (κ3) is 4.95. The summed E-state index contributed by atoms with van der Waals surface area (Å²) >= 11 is 2.15. The second kappa shape index (κ2) is 6.75. The summed E-state index contributed by atoms with van der Waals surface area (Å²) in [5.74, 6) is 1.73. The zero-order chi connectivity index (χ0) is 10.4. The van der Waals surface area contributed by atoms with E-state index < -0.39 is 0 Å². The fourth-order valence-corrected chi connectivity index (χ4v) is 3.09. The second-order valence-electron chi connectivity index (χ2n) is 4.38. The van der Waals surface area contributed by atoms with Gasteiger partial charge in [0.05, 0.1) is 0 Å². The third-order valence-electron chi connectivity index (χ3n) is 2.98. The van der Waals surface area contributed by atoms with Crippen LogP contribution in [0.5, 0.6) is 0 Å². The standard InChI is InChI=1S/C12H26S/c1-7-10(5)11(6)12(8-2)13-9(3)4/h9-12H,7-8H2,1-6H3. The Balaban J connectivity index is 4.05. The van der Waals surface area contributed by atoms with Crippen LogP contribution in [0.4, 0.5) is 0 Å². The van der Waals surface area contributed by atoms with Crippen molar-refractivity contribution in [1.29, 1.82) is 0 Å². The Morgan fingerprint density at radius 1 is 0.923 bits per heavy atom. The molecule has 0 spiro atoms. The van der Waals surface area contributed by atoms with Gasteiger partial charge in [0.1, 0.15) is 0 Å². The lowest BCUT2D eigenvalue weighted by Crippen LogP contribution is -2.21.